The number of hydrogen-bond acceptors (Lipinski definition) is 2. The molecule has 3 aromatic rings. The van der Waals surface area contributed by atoms with E-state index < -0.39 is 0 Å². The predicted octanol–water partition coefficient (Wildman–Crippen LogP) is 4.13. The van der Waals surface area contributed by atoms with Crippen molar-refractivity contribution >= 4 is 22.9 Å². The van der Waals surface area contributed by atoms with Crippen LogP contribution in [0.2, 0.25) is 0 Å². The van der Waals surface area contributed by atoms with Crippen LogP contribution >= 0.6 is 0 Å². The topological polar surface area (TPSA) is 68.7 Å². The number of carbonyl (C=O) groups is 1. The average molecular weight is 343 g/mol. The van der Waals surface area contributed by atoms with Crippen molar-refractivity contribution < 1.29 is 4.79 Å². The molecule has 0 aliphatic rings. The van der Waals surface area contributed by atoms with Crippen molar-refractivity contribution in [1.29, 1.82) is 5.26 Å². The Morgan fingerprint density at radius 3 is 2.65 bits per heavy atom. The van der Waals surface area contributed by atoms with Crippen LogP contribution in [0.5, 0.6) is 0 Å². The lowest BCUT2D eigenvalue weighted by molar-refractivity contribution is -0.117. The second-order valence-corrected chi connectivity index (χ2v) is 6.22. The predicted molar refractivity (Wildman–Crippen MR) is 104 cm³/mol. The van der Waals surface area contributed by atoms with Gasteiger partial charge in [0.15, 0.2) is 0 Å². The van der Waals surface area contributed by atoms with Gasteiger partial charge in [-0.05, 0) is 37.5 Å². The first kappa shape index (κ1) is 17.5. The number of aryl methyl sites for hydroxylation is 2. The van der Waals surface area contributed by atoms with E-state index in [1.807, 2.05) is 55.5 Å². The summed E-state index contributed by atoms with van der Waals surface area (Å²) in [6.45, 7) is 2.48. The number of benzene rings is 2. The van der Waals surface area contributed by atoms with Crippen LogP contribution in [-0.2, 0) is 11.2 Å². The molecule has 3 rings (SSSR count). The van der Waals surface area contributed by atoms with Gasteiger partial charge < -0.3 is 10.3 Å². The number of nitrogens with one attached hydrogen (secondary N) is 2. The van der Waals surface area contributed by atoms with Crippen molar-refractivity contribution in [3.63, 3.8) is 0 Å². The van der Waals surface area contributed by atoms with Crippen LogP contribution in [-0.4, -0.2) is 17.4 Å². The minimum Gasteiger partial charge on any atom is -0.358 e. The minimum absolute atomic E-state index is 0.123. The molecular weight excluding hydrogens is 322 g/mol. The standard InChI is InChI=1S/C22H21N3O/c1-16-20(19-11-5-6-12-21(19)25-16)14-18(15-23)22(26)24-13-7-10-17-8-3-2-4-9-17/h2-6,8-9,11-12,14,25H,7,10,13H2,1H3,(H,24,26)/b18-14-. The fraction of sp³-hybridized carbons (Fsp3) is 0.182. The van der Waals surface area contributed by atoms with Gasteiger partial charge in [0, 0.05) is 28.7 Å². The van der Waals surface area contributed by atoms with E-state index in [1.54, 1.807) is 6.08 Å². The van der Waals surface area contributed by atoms with Gasteiger partial charge in [0.05, 0.1) is 0 Å². The summed E-state index contributed by atoms with van der Waals surface area (Å²) in [4.78, 5) is 15.6. The van der Waals surface area contributed by atoms with E-state index in [2.05, 4.69) is 22.4 Å². The molecule has 0 unspecified atom stereocenters. The van der Waals surface area contributed by atoms with Crippen molar-refractivity contribution in [1.82, 2.24) is 10.3 Å². The lowest BCUT2D eigenvalue weighted by Crippen LogP contribution is -2.25. The molecule has 130 valence electrons. The van der Waals surface area contributed by atoms with Crippen LogP contribution in [0.15, 0.2) is 60.2 Å². The number of aromatic nitrogens is 1. The molecule has 4 nitrogen and oxygen atoms in total. The van der Waals surface area contributed by atoms with Crippen molar-refractivity contribution in [3.05, 3.63) is 77.0 Å². The van der Waals surface area contributed by atoms with Gasteiger partial charge >= 0.3 is 0 Å². The summed E-state index contributed by atoms with van der Waals surface area (Å²) in [7, 11) is 0. The van der Waals surface area contributed by atoms with Crippen LogP contribution in [0.1, 0.15) is 23.2 Å². The summed E-state index contributed by atoms with van der Waals surface area (Å²) >= 11 is 0. The van der Waals surface area contributed by atoms with Crippen LogP contribution in [0.4, 0.5) is 0 Å². The maximum atomic E-state index is 12.3. The van der Waals surface area contributed by atoms with Gasteiger partial charge in [-0.15, -0.1) is 0 Å². The van der Waals surface area contributed by atoms with E-state index in [0.29, 0.717) is 6.54 Å². The number of rotatable bonds is 6. The van der Waals surface area contributed by atoms with E-state index >= 15 is 0 Å². The molecule has 2 aromatic carbocycles. The molecule has 1 heterocycles. The van der Waals surface area contributed by atoms with Gasteiger partial charge in [0.1, 0.15) is 11.6 Å². The maximum Gasteiger partial charge on any atom is 0.261 e. The second kappa shape index (κ2) is 8.17. The molecule has 0 saturated carbocycles. The van der Waals surface area contributed by atoms with Gasteiger partial charge in [-0.2, -0.15) is 5.26 Å². The first-order valence-electron chi connectivity index (χ1n) is 8.70. The highest BCUT2D eigenvalue weighted by Gasteiger charge is 2.12. The fourth-order valence-electron chi connectivity index (χ4n) is 3.01. The Kier molecular flexibility index (Phi) is 5.50. The monoisotopic (exact) mass is 343 g/mol. The molecule has 2 N–H and O–H groups in total. The van der Waals surface area contributed by atoms with E-state index in [1.165, 1.54) is 5.56 Å². The highest BCUT2D eigenvalue weighted by atomic mass is 16.1. The first-order valence-corrected chi connectivity index (χ1v) is 8.70. The van der Waals surface area contributed by atoms with Gasteiger partial charge in [0.25, 0.3) is 5.91 Å². The fourth-order valence-corrected chi connectivity index (χ4v) is 3.01. The highest BCUT2D eigenvalue weighted by molar-refractivity contribution is 6.04. The molecule has 4 heteroatoms. The molecule has 0 saturated heterocycles. The molecule has 0 aliphatic heterocycles. The largest absolute Gasteiger partial charge is 0.358 e. The van der Waals surface area contributed by atoms with Crippen LogP contribution in [0.3, 0.4) is 0 Å². The number of carbonyl (C=O) groups excluding carboxylic acids is 1. The zero-order chi connectivity index (χ0) is 18.4. The summed E-state index contributed by atoms with van der Waals surface area (Å²) in [5, 5.41) is 13.3. The quantitative estimate of drug-likeness (QED) is 0.401. The molecule has 0 spiro atoms. The maximum absolute atomic E-state index is 12.3. The zero-order valence-corrected chi connectivity index (χ0v) is 14.8. The van der Waals surface area contributed by atoms with Gasteiger partial charge in [-0.25, -0.2) is 0 Å². The summed E-state index contributed by atoms with van der Waals surface area (Å²) in [5.41, 5.74) is 4.19. The number of nitriles is 1. The summed E-state index contributed by atoms with van der Waals surface area (Å²) in [5.74, 6) is -0.328. The Bertz CT molecular complexity index is 978. The third-order valence-electron chi connectivity index (χ3n) is 4.37. The lowest BCUT2D eigenvalue weighted by atomic mass is 10.1. The molecule has 0 fully saturated rings. The Morgan fingerprint density at radius 1 is 1.15 bits per heavy atom. The number of nitrogens with zero attached hydrogens (tertiary/aromatic N) is 1. The molecule has 0 bridgehead atoms. The molecular formula is C22H21N3O. The van der Waals surface area contributed by atoms with E-state index in [-0.39, 0.29) is 11.5 Å². The highest BCUT2D eigenvalue weighted by Crippen LogP contribution is 2.24. The Balaban J connectivity index is 1.66. The summed E-state index contributed by atoms with van der Waals surface area (Å²) in [6, 6.07) is 20.0. The van der Waals surface area contributed by atoms with Crippen molar-refractivity contribution in [2.75, 3.05) is 6.54 Å². The number of para-hydroxylation sites is 1. The van der Waals surface area contributed by atoms with Crippen molar-refractivity contribution in [2.24, 2.45) is 0 Å². The molecule has 1 amide bonds. The second-order valence-electron chi connectivity index (χ2n) is 6.22. The third-order valence-corrected chi connectivity index (χ3v) is 4.37. The Morgan fingerprint density at radius 2 is 1.88 bits per heavy atom. The number of H-pyrrole nitrogens is 1. The SMILES string of the molecule is Cc1[nH]c2ccccc2c1/C=C(/C#N)C(=O)NCCCc1ccccc1. The average Bonchev–Trinajstić information content (AvgIpc) is 2.99. The molecule has 1 aromatic heterocycles. The van der Waals surface area contributed by atoms with E-state index in [0.717, 1.165) is 35.0 Å². The van der Waals surface area contributed by atoms with Crippen molar-refractivity contribution in [3.8, 4) is 6.07 Å². The minimum atomic E-state index is -0.328. The molecule has 0 radical (unpaired) electrons. The number of hydrogen-bond donors (Lipinski definition) is 2. The molecule has 26 heavy (non-hydrogen) atoms. The van der Waals surface area contributed by atoms with Crippen LogP contribution in [0.25, 0.3) is 17.0 Å². The van der Waals surface area contributed by atoms with Crippen molar-refractivity contribution in [2.45, 2.75) is 19.8 Å². The van der Waals surface area contributed by atoms with E-state index in [4.69, 9.17) is 0 Å². The van der Waals surface area contributed by atoms with Gasteiger partial charge in [-0.1, -0.05) is 48.5 Å². The zero-order valence-electron chi connectivity index (χ0n) is 14.8. The van der Waals surface area contributed by atoms with Crippen LogP contribution in [0, 0.1) is 18.3 Å². The first-order chi connectivity index (χ1) is 12.7. The molecule has 0 atom stereocenters. The van der Waals surface area contributed by atoms with Crippen LogP contribution < -0.4 is 5.32 Å². The number of amides is 1. The van der Waals surface area contributed by atoms with Gasteiger partial charge in [-0.3, -0.25) is 4.79 Å². The van der Waals surface area contributed by atoms with Gasteiger partial charge in [0.2, 0.25) is 0 Å². The summed E-state index contributed by atoms with van der Waals surface area (Å²) in [6.07, 6.45) is 3.40. The Hall–Kier alpha value is -3.32. The normalized spacial score (nSPS) is 11.3. The summed E-state index contributed by atoms with van der Waals surface area (Å²) < 4.78 is 0. The smallest absolute Gasteiger partial charge is 0.261 e. The molecule has 0 aliphatic carbocycles. The van der Waals surface area contributed by atoms with E-state index in [9.17, 15) is 10.1 Å². The Labute approximate surface area is 153 Å². The lowest BCUT2D eigenvalue weighted by Gasteiger charge is -2.05. The number of fused-ring (bicyclic) bond motifs is 1. The number of aromatic amines is 1. The third kappa shape index (κ3) is 4.01.